The predicted octanol–water partition coefficient (Wildman–Crippen LogP) is 5.80. The highest BCUT2D eigenvalue weighted by molar-refractivity contribution is 9.10. The Balaban J connectivity index is 1.47. The minimum atomic E-state index is -0.544. The summed E-state index contributed by atoms with van der Waals surface area (Å²) in [5.74, 6) is -0.105. The van der Waals surface area contributed by atoms with Crippen LogP contribution >= 0.6 is 15.9 Å². The van der Waals surface area contributed by atoms with Crippen molar-refractivity contribution in [2.45, 2.75) is 6.61 Å². The summed E-state index contributed by atoms with van der Waals surface area (Å²) in [7, 11) is 1.50. The van der Waals surface area contributed by atoms with Crippen LogP contribution in [0.2, 0.25) is 0 Å². The van der Waals surface area contributed by atoms with Gasteiger partial charge in [0.25, 0.3) is 5.91 Å². The van der Waals surface area contributed by atoms with Crippen molar-refractivity contribution in [2.75, 3.05) is 7.11 Å². The number of carbonyl (C=O) groups excluding carboxylic acids is 1. The van der Waals surface area contributed by atoms with Gasteiger partial charge in [-0.15, -0.1) is 0 Å². The van der Waals surface area contributed by atoms with Crippen LogP contribution in [-0.2, 0) is 6.61 Å². The Morgan fingerprint density at radius 2 is 1.82 bits per heavy atom. The summed E-state index contributed by atoms with van der Waals surface area (Å²) in [5, 5.41) is 15.9. The highest BCUT2D eigenvalue weighted by atomic mass is 79.9. The number of phenols is 1. The fraction of sp³-hybridized carbons (Fsp3) is 0.0769. The number of ether oxygens (including phenoxy) is 2. The van der Waals surface area contributed by atoms with Crippen molar-refractivity contribution in [1.29, 1.82) is 0 Å². The van der Waals surface area contributed by atoms with Crippen LogP contribution in [0.25, 0.3) is 10.8 Å². The smallest absolute Gasteiger partial charge is 0.275 e. The second-order valence-electron chi connectivity index (χ2n) is 7.36. The topological polar surface area (TPSA) is 80.2 Å². The molecule has 172 valence electrons. The molecule has 2 N–H and O–H groups in total. The van der Waals surface area contributed by atoms with Crippen molar-refractivity contribution in [3.05, 3.63) is 99.8 Å². The molecule has 0 unspecified atom stereocenters. The highest BCUT2D eigenvalue weighted by Crippen LogP contribution is 2.33. The molecule has 8 heteroatoms. The van der Waals surface area contributed by atoms with Crippen LogP contribution in [0.15, 0.2) is 82.4 Å². The molecule has 0 spiro atoms. The third-order valence-corrected chi connectivity index (χ3v) is 5.73. The summed E-state index contributed by atoms with van der Waals surface area (Å²) in [4.78, 5) is 12.5. The van der Waals surface area contributed by atoms with Gasteiger partial charge in [-0.3, -0.25) is 4.79 Å². The number of hydrazone groups is 1. The van der Waals surface area contributed by atoms with Crippen molar-refractivity contribution in [2.24, 2.45) is 5.10 Å². The molecule has 0 aliphatic heterocycles. The Morgan fingerprint density at radius 3 is 2.56 bits per heavy atom. The van der Waals surface area contributed by atoms with Gasteiger partial charge in [0, 0.05) is 10.0 Å². The van der Waals surface area contributed by atoms with Gasteiger partial charge in [-0.2, -0.15) is 5.10 Å². The van der Waals surface area contributed by atoms with Gasteiger partial charge < -0.3 is 14.6 Å². The van der Waals surface area contributed by atoms with E-state index in [1.54, 1.807) is 30.3 Å². The number of hydrogen-bond acceptors (Lipinski definition) is 5. The molecule has 0 bridgehead atoms. The fourth-order valence-electron chi connectivity index (χ4n) is 3.34. The lowest BCUT2D eigenvalue weighted by molar-refractivity contribution is 0.0952. The SMILES string of the molecule is COc1cc(C=NNC(=O)c2cc3ccccc3cc2O)c(Br)cc1OCc1cccc(F)c1. The van der Waals surface area contributed by atoms with Crippen LogP contribution in [0, 0.1) is 5.82 Å². The lowest BCUT2D eigenvalue weighted by Crippen LogP contribution is -2.17. The molecular weight excluding hydrogens is 503 g/mol. The van der Waals surface area contributed by atoms with Gasteiger partial charge in [0.2, 0.25) is 0 Å². The van der Waals surface area contributed by atoms with Gasteiger partial charge in [0.1, 0.15) is 18.2 Å². The molecule has 4 aromatic rings. The number of hydrogen-bond donors (Lipinski definition) is 2. The maximum absolute atomic E-state index is 13.4. The molecular formula is C26H20BrFN2O4. The Labute approximate surface area is 203 Å². The molecule has 0 saturated heterocycles. The lowest BCUT2D eigenvalue weighted by Gasteiger charge is -2.13. The lowest BCUT2D eigenvalue weighted by atomic mass is 10.1. The molecule has 34 heavy (non-hydrogen) atoms. The van der Waals surface area contributed by atoms with E-state index in [1.165, 1.54) is 31.5 Å². The number of benzene rings is 4. The second kappa shape index (κ2) is 10.4. The van der Waals surface area contributed by atoms with Gasteiger partial charge in [-0.1, -0.05) is 36.4 Å². The minimum Gasteiger partial charge on any atom is -0.507 e. The van der Waals surface area contributed by atoms with E-state index in [0.29, 0.717) is 27.1 Å². The molecule has 0 heterocycles. The molecule has 6 nitrogen and oxygen atoms in total. The number of nitrogens with one attached hydrogen (secondary N) is 1. The van der Waals surface area contributed by atoms with Crippen molar-refractivity contribution in [1.82, 2.24) is 5.43 Å². The molecule has 4 rings (SSSR count). The van der Waals surface area contributed by atoms with Gasteiger partial charge in [-0.25, -0.2) is 9.82 Å². The average molecular weight is 523 g/mol. The van der Waals surface area contributed by atoms with Gasteiger partial charge in [-0.05, 0) is 68.7 Å². The highest BCUT2D eigenvalue weighted by Gasteiger charge is 2.13. The van der Waals surface area contributed by atoms with E-state index in [4.69, 9.17) is 9.47 Å². The van der Waals surface area contributed by atoms with Crippen molar-refractivity contribution in [3.63, 3.8) is 0 Å². The summed E-state index contributed by atoms with van der Waals surface area (Å²) in [6.07, 6.45) is 1.44. The molecule has 0 atom stereocenters. The van der Waals surface area contributed by atoms with Crippen LogP contribution in [-0.4, -0.2) is 24.3 Å². The third-order valence-electron chi connectivity index (χ3n) is 5.04. The summed E-state index contributed by atoms with van der Waals surface area (Å²) in [5.41, 5.74) is 3.85. The van der Waals surface area contributed by atoms with Crippen molar-refractivity contribution in [3.8, 4) is 17.2 Å². The van der Waals surface area contributed by atoms with Gasteiger partial charge in [0.05, 0.1) is 18.9 Å². The Morgan fingerprint density at radius 1 is 1.06 bits per heavy atom. The molecule has 4 aromatic carbocycles. The first kappa shape index (κ1) is 23.3. The quantitative estimate of drug-likeness (QED) is 0.237. The number of fused-ring (bicyclic) bond motifs is 1. The van der Waals surface area contributed by atoms with E-state index in [2.05, 4.69) is 26.5 Å². The minimum absolute atomic E-state index is 0.119. The van der Waals surface area contributed by atoms with Crippen LogP contribution in [0.3, 0.4) is 0 Å². The zero-order valence-corrected chi connectivity index (χ0v) is 19.7. The van der Waals surface area contributed by atoms with E-state index in [0.717, 1.165) is 10.8 Å². The first-order valence-electron chi connectivity index (χ1n) is 10.2. The normalized spacial score (nSPS) is 11.0. The van der Waals surface area contributed by atoms with Crippen LogP contribution in [0.1, 0.15) is 21.5 Å². The maximum atomic E-state index is 13.4. The van der Waals surface area contributed by atoms with E-state index in [9.17, 15) is 14.3 Å². The number of halogens is 2. The third kappa shape index (κ3) is 5.35. The zero-order valence-electron chi connectivity index (χ0n) is 18.1. The summed E-state index contributed by atoms with van der Waals surface area (Å²) in [6, 6.07) is 20.1. The second-order valence-corrected chi connectivity index (χ2v) is 8.21. The first-order chi connectivity index (χ1) is 16.4. The molecule has 0 radical (unpaired) electrons. The number of amides is 1. The molecule has 0 aromatic heterocycles. The van der Waals surface area contributed by atoms with Gasteiger partial charge >= 0.3 is 0 Å². The molecule has 0 saturated carbocycles. The van der Waals surface area contributed by atoms with E-state index in [1.807, 2.05) is 24.3 Å². The van der Waals surface area contributed by atoms with Crippen LogP contribution in [0.5, 0.6) is 17.2 Å². The first-order valence-corrected chi connectivity index (χ1v) is 11.0. The average Bonchev–Trinajstić information content (AvgIpc) is 2.83. The summed E-state index contributed by atoms with van der Waals surface area (Å²) >= 11 is 3.46. The van der Waals surface area contributed by atoms with Crippen molar-refractivity contribution >= 4 is 38.8 Å². The molecule has 1 amide bonds. The number of nitrogens with zero attached hydrogens (tertiary/aromatic N) is 1. The number of carbonyl (C=O) groups is 1. The van der Waals surface area contributed by atoms with Gasteiger partial charge in [0.15, 0.2) is 11.5 Å². The monoisotopic (exact) mass is 522 g/mol. The number of phenolic OH excluding ortho intramolecular Hbond substituents is 1. The largest absolute Gasteiger partial charge is 0.507 e. The zero-order chi connectivity index (χ0) is 24.1. The molecule has 0 aliphatic carbocycles. The number of rotatable bonds is 7. The maximum Gasteiger partial charge on any atom is 0.275 e. The Hall–Kier alpha value is -3.91. The molecule has 0 fully saturated rings. The van der Waals surface area contributed by atoms with E-state index >= 15 is 0 Å². The predicted molar refractivity (Wildman–Crippen MR) is 132 cm³/mol. The Bertz CT molecular complexity index is 1390. The number of methoxy groups -OCH3 is 1. The summed E-state index contributed by atoms with van der Waals surface area (Å²) in [6.45, 7) is 0.166. The summed E-state index contributed by atoms with van der Waals surface area (Å²) < 4.78 is 25.2. The van der Waals surface area contributed by atoms with E-state index < -0.39 is 5.91 Å². The van der Waals surface area contributed by atoms with Crippen molar-refractivity contribution < 1.29 is 23.8 Å². The van der Waals surface area contributed by atoms with Crippen LogP contribution in [0.4, 0.5) is 4.39 Å². The molecule has 0 aliphatic rings. The number of aromatic hydroxyl groups is 1. The van der Waals surface area contributed by atoms with E-state index in [-0.39, 0.29) is 23.7 Å². The Kier molecular flexibility index (Phi) is 7.08. The fourth-order valence-corrected chi connectivity index (χ4v) is 3.77. The standard InChI is InChI=1S/C26H20BrFN2O4/c1-33-24-12-19(22(27)13-25(24)34-15-16-5-4-8-20(28)9-16)14-29-30-26(32)21-10-17-6-2-3-7-18(17)11-23(21)31/h2-14,31H,15H2,1H3,(H,30,32). The van der Waals surface area contributed by atoms with Crippen LogP contribution < -0.4 is 14.9 Å².